The molecule has 1 atom stereocenters. The molecule has 0 aliphatic rings. The maximum Gasteiger partial charge on any atom is 0.230 e. The zero-order chi connectivity index (χ0) is 18.5. The van der Waals surface area contributed by atoms with Crippen molar-refractivity contribution in [3.63, 3.8) is 0 Å². The molecule has 0 radical (unpaired) electrons. The summed E-state index contributed by atoms with van der Waals surface area (Å²) >= 11 is 1.36. The van der Waals surface area contributed by atoms with Gasteiger partial charge in [-0.25, -0.2) is 0 Å². The van der Waals surface area contributed by atoms with Crippen LogP contribution in [0.4, 0.5) is 0 Å². The lowest BCUT2D eigenvalue weighted by Gasteiger charge is -2.11. The van der Waals surface area contributed by atoms with Gasteiger partial charge in [0.1, 0.15) is 11.5 Å². The highest BCUT2D eigenvalue weighted by atomic mass is 32.2. The molecule has 3 aromatic heterocycles. The van der Waals surface area contributed by atoms with Gasteiger partial charge in [0.15, 0.2) is 11.0 Å². The minimum Gasteiger partial charge on any atom is -0.469 e. The first kappa shape index (κ1) is 18.3. The van der Waals surface area contributed by atoms with Gasteiger partial charge in [0.05, 0.1) is 30.4 Å². The fourth-order valence-electron chi connectivity index (χ4n) is 2.46. The minimum absolute atomic E-state index is 0.0158. The van der Waals surface area contributed by atoms with Crippen molar-refractivity contribution in [3.8, 4) is 11.4 Å². The van der Waals surface area contributed by atoms with Gasteiger partial charge in [-0.2, -0.15) is 0 Å². The second-order valence-corrected chi connectivity index (χ2v) is 6.97. The zero-order valence-electron chi connectivity index (χ0n) is 15.1. The number of rotatable bonds is 8. The monoisotopic (exact) mass is 374 g/mol. The van der Waals surface area contributed by atoms with E-state index in [1.54, 1.807) is 12.5 Å². The first-order valence-electron chi connectivity index (χ1n) is 8.50. The van der Waals surface area contributed by atoms with Crippen LogP contribution in [0.2, 0.25) is 0 Å². The molecule has 3 rings (SSSR count). The van der Waals surface area contributed by atoms with Gasteiger partial charge in [0.2, 0.25) is 5.91 Å². The molecule has 0 aliphatic heterocycles. The van der Waals surface area contributed by atoms with Crippen LogP contribution in [0.3, 0.4) is 0 Å². The summed E-state index contributed by atoms with van der Waals surface area (Å²) in [5.74, 6) is 2.52. The van der Waals surface area contributed by atoms with Crippen LogP contribution >= 0.6 is 11.8 Å². The largest absolute Gasteiger partial charge is 0.469 e. The van der Waals surface area contributed by atoms with Crippen molar-refractivity contribution in [2.24, 2.45) is 0 Å². The highest BCUT2D eigenvalue weighted by Crippen LogP contribution is 2.28. The number of amides is 1. The van der Waals surface area contributed by atoms with Crippen LogP contribution in [0.1, 0.15) is 31.8 Å². The van der Waals surface area contributed by atoms with E-state index >= 15 is 0 Å². The van der Waals surface area contributed by atoms with Gasteiger partial charge in [-0.3, -0.25) is 9.36 Å². The number of hydrogen-bond donors (Lipinski definition) is 1. The molecular weight excluding hydrogens is 352 g/mol. The molecule has 0 fully saturated rings. The van der Waals surface area contributed by atoms with E-state index in [1.165, 1.54) is 11.8 Å². The Kier molecular flexibility index (Phi) is 5.82. The molecule has 26 heavy (non-hydrogen) atoms. The van der Waals surface area contributed by atoms with Crippen molar-refractivity contribution in [1.82, 2.24) is 20.1 Å². The van der Waals surface area contributed by atoms with Gasteiger partial charge >= 0.3 is 0 Å². The number of hydrogen-bond acceptors (Lipinski definition) is 6. The van der Waals surface area contributed by atoms with Gasteiger partial charge in [0.25, 0.3) is 0 Å². The molecule has 0 unspecified atom stereocenters. The minimum atomic E-state index is -0.0158. The summed E-state index contributed by atoms with van der Waals surface area (Å²) in [6.45, 7) is 6.39. The quantitative estimate of drug-likeness (QED) is 0.607. The Morgan fingerprint density at radius 1 is 1.31 bits per heavy atom. The summed E-state index contributed by atoms with van der Waals surface area (Å²) < 4.78 is 12.8. The van der Waals surface area contributed by atoms with Crippen molar-refractivity contribution in [3.05, 3.63) is 42.2 Å². The zero-order valence-corrected chi connectivity index (χ0v) is 15.9. The van der Waals surface area contributed by atoms with Gasteiger partial charge in [0, 0.05) is 6.04 Å². The van der Waals surface area contributed by atoms with Crippen LogP contribution in [0.15, 0.2) is 44.7 Å². The second kappa shape index (κ2) is 8.27. The molecule has 8 heteroatoms. The SMILES string of the molecule is CC[C@@H](C)NC(=O)CSc1nnc(-c2ccoc2C)n1Cc1ccco1. The topological polar surface area (TPSA) is 86.1 Å². The summed E-state index contributed by atoms with van der Waals surface area (Å²) in [5, 5.41) is 12.2. The van der Waals surface area contributed by atoms with Crippen LogP contribution in [-0.4, -0.2) is 32.5 Å². The van der Waals surface area contributed by atoms with E-state index in [0.717, 1.165) is 23.5 Å². The van der Waals surface area contributed by atoms with Crippen LogP contribution in [0.25, 0.3) is 11.4 Å². The fourth-order valence-corrected chi connectivity index (χ4v) is 3.21. The predicted octanol–water partition coefficient (Wildman–Crippen LogP) is 3.49. The lowest BCUT2D eigenvalue weighted by atomic mass is 10.2. The highest BCUT2D eigenvalue weighted by molar-refractivity contribution is 7.99. The lowest BCUT2D eigenvalue weighted by Crippen LogP contribution is -2.33. The summed E-state index contributed by atoms with van der Waals surface area (Å²) in [4.78, 5) is 12.1. The average molecular weight is 374 g/mol. The summed E-state index contributed by atoms with van der Waals surface area (Å²) in [6, 6.07) is 5.76. The normalized spacial score (nSPS) is 12.3. The molecule has 0 saturated carbocycles. The lowest BCUT2D eigenvalue weighted by molar-refractivity contribution is -0.119. The maximum atomic E-state index is 12.1. The predicted molar refractivity (Wildman–Crippen MR) is 98.9 cm³/mol. The maximum absolute atomic E-state index is 12.1. The summed E-state index contributed by atoms with van der Waals surface area (Å²) in [7, 11) is 0. The van der Waals surface area contributed by atoms with Crippen LogP contribution in [0.5, 0.6) is 0 Å². The van der Waals surface area contributed by atoms with Gasteiger partial charge in [-0.1, -0.05) is 18.7 Å². The van der Waals surface area contributed by atoms with Crippen molar-refractivity contribution in [2.45, 2.75) is 44.9 Å². The van der Waals surface area contributed by atoms with E-state index in [9.17, 15) is 4.79 Å². The van der Waals surface area contributed by atoms with Gasteiger partial charge in [-0.15, -0.1) is 10.2 Å². The second-order valence-electron chi connectivity index (χ2n) is 6.03. The molecule has 0 aromatic carbocycles. The summed E-state index contributed by atoms with van der Waals surface area (Å²) in [6.07, 6.45) is 4.16. The third-order valence-electron chi connectivity index (χ3n) is 4.06. The number of aromatic nitrogens is 3. The number of carbonyl (C=O) groups excluding carboxylic acids is 1. The van der Waals surface area contributed by atoms with Crippen molar-refractivity contribution < 1.29 is 13.6 Å². The van der Waals surface area contributed by atoms with Crippen LogP contribution < -0.4 is 5.32 Å². The van der Waals surface area contributed by atoms with Gasteiger partial charge in [-0.05, 0) is 38.5 Å². The van der Waals surface area contributed by atoms with E-state index in [-0.39, 0.29) is 17.7 Å². The highest BCUT2D eigenvalue weighted by Gasteiger charge is 2.19. The number of thioether (sulfide) groups is 1. The molecule has 3 aromatic rings. The molecule has 1 N–H and O–H groups in total. The molecule has 0 aliphatic carbocycles. The number of carbonyl (C=O) groups is 1. The smallest absolute Gasteiger partial charge is 0.230 e. The molecule has 3 heterocycles. The number of nitrogens with zero attached hydrogens (tertiary/aromatic N) is 3. The van der Waals surface area contributed by atoms with Crippen molar-refractivity contribution in [1.29, 1.82) is 0 Å². The summed E-state index contributed by atoms with van der Waals surface area (Å²) in [5.41, 5.74) is 0.875. The Bertz CT molecular complexity index is 854. The fraction of sp³-hybridized carbons (Fsp3) is 0.389. The van der Waals surface area contributed by atoms with E-state index in [1.807, 2.05) is 43.5 Å². The van der Waals surface area contributed by atoms with Crippen LogP contribution in [0, 0.1) is 6.92 Å². The van der Waals surface area contributed by atoms with E-state index in [0.29, 0.717) is 17.5 Å². The van der Waals surface area contributed by atoms with E-state index in [4.69, 9.17) is 8.83 Å². The van der Waals surface area contributed by atoms with E-state index < -0.39 is 0 Å². The van der Waals surface area contributed by atoms with Crippen LogP contribution in [-0.2, 0) is 11.3 Å². The van der Waals surface area contributed by atoms with Crippen molar-refractivity contribution in [2.75, 3.05) is 5.75 Å². The number of aryl methyl sites for hydroxylation is 1. The number of nitrogens with one attached hydrogen (secondary N) is 1. The Labute approximate surface area is 156 Å². The van der Waals surface area contributed by atoms with E-state index in [2.05, 4.69) is 15.5 Å². The third kappa shape index (κ3) is 4.19. The Morgan fingerprint density at radius 3 is 2.81 bits per heavy atom. The average Bonchev–Trinajstić information content (AvgIpc) is 3.35. The van der Waals surface area contributed by atoms with Crippen molar-refractivity contribution >= 4 is 17.7 Å². The molecule has 0 spiro atoms. The standard InChI is InChI=1S/C18H22N4O3S/c1-4-12(2)19-16(23)11-26-18-21-20-17(15-7-9-24-13(15)3)22(18)10-14-6-5-8-25-14/h5-9,12H,4,10-11H2,1-3H3,(H,19,23)/t12-/m1/s1. The molecule has 1 amide bonds. The Hall–Kier alpha value is -2.48. The Balaban J connectivity index is 1.82. The Morgan fingerprint density at radius 2 is 2.15 bits per heavy atom. The van der Waals surface area contributed by atoms with Gasteiger partial charge < -0.3 is 14.2 Å². The number of furan rings is 2. The molecule has 0 bridgehead atoms. The molecule has 7 nitrogen and oxygen atoms in total. The molecular formula is C18H22N4O3S. The molecule has 0 saturated heterocycles. The third-order valence-corrected chi connectivity index (χ3v) is 5.03. The first-order valence-corrected chi connectivity index (χ1v) is 9.49. The molecule has 138 valence electrons. The first-order chi connectivity index (χ1) is 12.6.